The molecule has 232 valence electrons. The molecule has 0 radical (unpaired) electrons. The van der Waals surface area contributed by atoms with Crippen LogP contribution in [0.1, 0.15) is 34.9 Å². The van der Waals surface area contributed by atoms with Crippen LogP contribution < -0.4 is 16.0 Å². The molecule has 2 heterocycles. The molecule has 0 saturated carbocycles. The summed E-state index contributed by atoms with van der Waals surface area (Å²) in [4.78, 5) is 27.2. The van der Waals surface area contributed by atoms with E-state index in [4.69, 9.17) is 23.3 Å². The Kier molecular flexibility index (Phi) is 9.94. The van der Waals surface area contributed by atoms with Gasteiger partial charge in [-0.15, -0.1) is 0 Å². The molecule has 3 aromatic carbocycles. The van der Waals surface area contributed by atoms with Crippen molar-refractivity contribution in [3.05, 3.63) is 134 Å². The second kappa shape index (κ2) is 13.7. The van der Waals surface area contributed by atoms with E-state index in [1.54, 1.807) is 14.0 Å². The van der Waals surface area contributed by atoms with E-state index in [0.29, 0.717) is 11.3 Å². The van der Waals surface area contributed by atoms with Crippen molar-refractivity contribution in [3.63, 3.8) is 0 Å². The lowest BCUT2D eigenvalue weighted by Gasteiger charge is -2.37. The number of aromatic amines is 1. The molecule has 0 aliphatic carbocycles. The van der Waals surface area contributed by atoms with Gasteiger partial charge in [-0.25, -0.2) is 9.36 Å². The Morgan fingerprint density at radius 2 is 1.48 bits per heavy atom. The Balaban J connectivity index is 1.58. The Labute approximate surface area is 259 Å². The number of nitrogens with one attached hydrogen (secondary N) is 1. The average molecular weight is 639 g/mol. The highest BCUT2D eigenvalue weighted by Crippen LogP contribution is 2.63. The lowest BCUT2D eigenvalue weighted by atomic mass is 9.80. The van der Waals surface area contributed by atoms with Crippen molar-refractivity contribution in [1.82, 2.24) is 9.55 Å². The van der Waals surface area contributed by atoms with Crippen LogP contribution in [0.2, 0.25) is 0 Å². The van der Waals surface area contributed by atoms with E-state index in [-0.39, 0.29) is 13.0 Å². The number of nitrogens with zero attached hydrogens (tertiary/aromatic N) is 1. The van der Waals surface area contributed by atoms with E-state index in [2.05, 4.69) is 4.98 Å². The number of hydrogen-bond donors (Lipinski definition) is 1. The van der Waals surface area contributed by atoms with Crippen LogP contribution in [0, 0.1) is 6.92 Å². The molecule has 1 saturated heterocycles. The monoisotopic (exact) mass is 638 g/mol. The molecule has 4 aromatic rings. The minimum Gasteiger partial charge on any atom is -0.497 e. The van der Waals surface area contributed by atoms with Crippen molar-refractivity contribution in [3.8, 4) is 5.75 Å². The second-order valence-corrected chi connectivity index (χ2v) is 14.7. The van der Waals surface area contributed by atoms with E-state index in [0.717, 1.165) is 28.1 Å². The van der Waals surface area contributed by atoms with Crippen molar-refractivity contribution in [1.29, 1.82) is 0 Å². The van der Waals surface area contributed by atoms with Gasteiger partial charge in [0.1, 0.15) is 17.6 Å². The van der Waals surface area contributed by atoms with Gasteiger partial charge in [0.25, 0.3) is 5.56 Å². The normalized spacial score (nSPS) is 18.8. The first-order chi connectivity index (χ1) is 21.2. The number of aromatic nitrogens is 2. The quantitative estimate of drug-likeness (QED) is 0.155. The summed E-state index contributed by atoms with van der Waals surface area (Å²) in [6, 6.07) is 27.5. The number of hydrogen-bond acceptors (Lipinski definition) is 9. The Hall–Kier alpha value is -3.44. The first kappa shape index (κ1) is 32.0. The number of benzene rings is 3. The van der Waals surface area contributed by atoms with E-state index in [1.165, 1.54) is 25.0 Å². The maximum atomic E-state index is 13.3. The van der Waals surface area contributed by atoms with Gasteiger partial charge < -0.3 is 23.3 Å². The lowest BCUT2D eigenvalue weighted by molar-refractivity contribution is -0.0765. The molecule has 1 aliphatic heterocycles. The number of rotatable bonds is 12. The molecule has 1 N–H and O–H groups in total. The zero-order chi connectivity index (χ0) is 31.3. The van der Waals surface area contributed by atoms with Gasteiger partial charge in [0, 0.05) is 37.7 Å². The predicted octanol–water partition coefficient (Wildman–Crippen LogP) is 5.65. The summed E-state index contributed by atoms with van der Waals surface area (Å²) in [7, 11) is 4.27. The maximum absolute atomic E-state index is 13.3. The first-order valence-corrected chi connectivity index (χ1v) is 17.0. The van der Waals surface area contributed by atoms with Crippen molar-refractivity contribution in [2.24, 2.45) is 0 Å². The summed E-state index contributed by atoms with van der Waals surface area (Å²) in [5.74, 6) is 0.707. The number of methoxy groups -OCH3 is 1. The van der Waals surface area contributed by atoms with Gasteiger partial charge in [0.2, 0.25) is 0 Å². The Morgan fingerprint density at radius 3 is 2.02 bits per heavy atom. The maximum Gasteiger partial charge on any atom is 0.388 e. The van der Waals surface area contributed by atoms with E-state index in [9.17, 15) is 14.2 Å². The van der Waals surface area contributed by atoms with Crippen LogP contribution in [0.25, 0.3) is 0 Å². The summed E-state index contributed by atoms with van der Waals surface area (Å²) in [6.07, 6.45) is 0.356. The molecule has 44 heavy (non-hydrogen) atoms. The van der Waals surface area contributed by atoms with Gasteiger partial charge in [-0.2, -0.15) is 0 Å². The van der Waals surface area contributed by atoms with Crippen LogP contribution >= 0.6 is 18.2 Å². The summed E-state index contributed by atoms with van der Waals surface area (Å²) < 4.78 is 44.0. The molecule has 0 unspecified atom stereocenters. The van der Waals surface area contributed by atoms with Gasteiger partial charge in [-0.1, -0.05) is 72.8 Å². The average Bonchev–Trinajstić information content (AvgIpc) is 3.45. The molecule has 12 heteroatoms. The molecule has 1 fully saturated rings. The fraction of sp³-hybridized carbons (Fsp3) is 0.312. The minimum atomic E-state index is -3.54. The molecule has 1 aliphatic rings. The van der Waals surface area contributed by atoms with E-state index >= 15 is 0 Å². The van der Waals surface area contributed by atoms with Crippen LogP contribution in [-0.4, -0.2) is 48.8 Å². The first-order valence-electron chi connectivity index (χ1n) is 14.0. The van der Waals surface area contributed by atoms with Gasteiger partial charge in [-0.05, 0) is 47.1 Å². The number of aryl methyl sites for hydroxylation is 1. The fourth-order valence-corrected chi connectivity index (χ4v) is 8.75. The third-order valence-corrected chi connectivity index (χ3v) is 12.1. The largest absolute Gasteiger partial charge is 0.497 e. The highest BCUT2D eigenvalue weighted by molar-refractivity contribution is 8.55. The second-order valence-electron chi connectivity index (χ2n) is 10.3. The van der Waals surface area contributed by atoms with Crippen LogP contribution in [0.4, 0.5) is 0 Å². The van der Waals surface area contributed by atoms with Gasteiger partial charge in [0.05, 0.1) is 19.8 Å². The Bertz CT molecular complexity index is 1660. The van der Waals surface area contributed by atoms with Crippen molar-refractivity contribution < 1.29 is 27.8 Å². The molecular weight excluding hydrogens is 603 g/mol. The van der Waals surface area contributed by atoms with Gasteiger partial charge in [-0.3, -0.25) is 14.3 Å². The molecular formula is C32H35N2O8PS. The molecule has 3 atom stereocenters. The van der Waals surface area contributed by atoms with Crippen LogP contribution in [0.5, 0.6) is 5.75 Å². The zero-order valence-electron chi connectivity index (χ0n) is 24.9. The molecule has 0 amide bonds. The summed E-state index contributed by atoms with van der Waals surface area (Å²) in [5.41, 5.74) is 0.879. The number of ether oxygens (including phenoxy) is 3. The minimum absolute atomic E-state index is 0.0501. The number of H-pyrrole nitrogens is 1. The molecule has 1 aromatic heterocycles. The molecule has 0 bridgehead atoms. The van der Waals surface area contributed by atoms with Gasteiger partial charge >= 0.3 is 12.5 Å². The third-order valence-electron chi connectivity index (χ3n) is 7.67. The predicted molar refractivity (Wildman–Crippen MR) is 169 cm³/mol. The van der Waals surface area contributed by atoms with Crippen molar-refractivity contribution in [2.45, 2.75) is 36.5 Å². The third kappa shape index (κ3) is 6.49. The van der Waals surface area contributed by atoms with Crippen molar-refractivity contribution >= 4 is 18.2 Å². The summed E-state index contributed by atoms with van der Waals surface area (Å²) in [5, 5.41) is -0.454. The molecule has 5 rings (SSSR count). The Morgan fingerprint density at radius 1 is 0.909 bits per heavy atom. The topological polar surface area (TPSA) is 118 Å². The van der Waals surface area contributed by atoms with Crippen LogP contribution in [0.15, 0.2) is 101 Å². The summed E-state index contributed by atoms with van der Waals surface area (Å²) >= 11 is 1.02. The SMILES string of the molecule is COc1ccc(C(OC[C@H]2O[C@@H](n3cc(C)c(=O)[nH]c3=O)C[C@@H]2SP(=O)(OC)OC)(c2ccccc2)c2ccccc2)cc1. The van der Waals surface area contributed by atoms with E-state index in [1.807, 2.05) is 84.9 Å². The fourth-order valence-electron chi connectivity index (χ4n) is 5.39. The van der Waals surface area contributed by atoms with Gasteiger partial charge in [0.15, 0.2) is 0 Å². The highest BCUT2D eigenvalue weighted by atomic mass is 32.7. The molecule has 0 spiro atoms. The lowest BCUT2D eigenvalue weighted by Crippen LogP contribution is -2.37. The van der Waals surface area contributed by atoms with Crippen LogP contribution in [0.3, 0.4) is 0 Å². The van der Waals surface area contributed by atoms with E-state index < -0.39 is 41.2 Å². The zero-order valence-corrected chi connectivity index (χ0v) is 26.6. The smallest absolute Gasteiger partial charge is 0.388 e. The van der Waals surface area contributed by atoms with Crippen molar-refractivity contribution in [2.75, 3.05) is 27.9 Å². The van der Waals surface area contributed by atoms with Crippen LogP contribution in [-0.2, 0) is 28.7 Å². The molecule has 10 nitrogen and oxygen atoms in total. The standard InChI is InChI=1S/C32H35N2O8PS/c1-22-20-34(31(36)33-30(22)35)29-19-28(44-43(37,39-3)40-4)27(42-29)21-41-32(23-11-7-5-8-12-23,24-13-9-6-10-14-24)25-15-17-26(38-2)18-16-25/h5-18,20,27-29H,19,21H2,1-4H3,(H,33,35,36)/t27-,28+,29-/m1/s1. The highest BCUT2D eigenvalue weighted by Gasteiger charge is 2.45. The summed E-state index contributed by atoms with van der Waals surface area (Å²) in [6.45, 7) is -1.88.